The molecule has 2 rings (SSSR count). The van der Waals surface area contributed by atoms with E-state index in [9.17, 15) is 5.11 Å². The number of rotatable bonds is 4. The van der Waals surface area contributed by atoms with Gasteiger partial charge in [0.25, 0.3) is 0 Å². The van der Waals surface area contributed by atoms with Crippen molar-refractivity contribution in [2.24, 2.45) is 5.92 Å². The Morgan fingerprint density at radius 3 is 2.71 bits per heavy atom. The molecule has 1 aromatic rings. The lowest BCUT2D eigenvalue weighted by molar-refractivity contribution is -0.0242. The fourth-order valence-corrected chi connectivity index (χ4v) is 2.74. The highest BCUT2D eigenvalue weighted by Crippen LogP contribution is 2.41. The van der Waals surface area contributed by atoms with Crippen LogP contribution in [0.15, 0.2) is 12.1 Å². The van der Waals surface area contributed by atoms with Crippen molar-refractivity contribution in [1.29, 1.82) is 0 Å². The SMILES string of the molecule is COC(C1CC1)C(O)c1ccc(Cl)s1. The van der Waals surface area contributed by atoms with E-state index in [0.717, 1.165) is 17.7 Å². The average molecular weight is 233 g/mol. The summed E-state index contributed by atoms with van der Waals surface area (Å²) in [4.78, 5) is 0.897. The second-order valence-corrected chi connectivity index (χ2v) is 5.37. The van der Waals surface area contributed by atoms with Gasteiger partial charge >= 0.3 is 0 Å². The summed E-state index contributed by atoms with van der Waals surface area (Å²) in [5.41, 5.74) is 0. The van der Waals surface area contributed by atoms with Gasteiger partial charge in [0.2, 0.25) is 0 Å². The lowest BCUT2D eigenvalue weighted by atomic mass is 10.1. The van der Waals surface area contributed by atoms with Crippen molar-refractivity contribution in [3.8, 4) is 0 Å². The molecule has 1 saturated carbocycles. The molecule has 1 aromatic heterocycles. The van der Waals surface area contributed by atoms with Gasteiger partial charge in [0.05, 0.1) is 10.4 Å². The minimum atomic E-state index is -0.523. The lowest BCUT2D eigenvalue weighted by Gasteiger charge is -2.19. The number of hydrogen-bond donors (Lipinski definition) is 1. The molecule has 0 aliphatic heterocycles. The van der Waals surface area contributed by atoms with Crippen LogP contribution >= 0.6 is 22.9 Å². The van der Waals surface area contributed by atoms with Gasteiger partial charge in [-0.25, -0.2) is 0 Å². The van der Waals surface area contributed by atoms with Crippen LogP contribution in [0.1, 0.15) is 23.8 Å². The molecule has 1 N–H and O–H groups in total. The average Bonchev–Trinajstić information content (AvgIpc) is 2.90. The van der Waals surface area contributed by atoms with Crippen LogP contribution in [0.2, 0.25) is 4.34 Å². The number of hydrogen-bond acceptors (Lipinski definition) is 3. The second kappa shape index (κ2) is 4.19. The number of aliphatic hydroxyl groups excluding tert-OH is 1. The fourth-order valence-electron chi connectivity index (χ4n) is 1.65. The maximum Gasteiger partial charge on any atom is 0.115 e. The molecule has 1 aliphatic carbocycles. The Bertz CT molecular complexity index is 309. The number of methoxy groups -OCH3 is 1. The van der Waals surface area contributed by atoms with Crippen molar-refractivity contribution in [1.82, 2.24) is 0 Å². The van der Waals surface area contributed by atoms with E-state index in [1.54, 1.807) is 7.11 Å². The van der Waals surface area contributed by atoms with Crippen molar-refractivity contribution in [2.45, 2.75) is 25.0 Å². The Labute approximate surface area is 92.5 Å². The van der Waals surface area contributed by atoms with Gasteiger partial charge in [-0.3, -0.25) is 0 Å². The summed E-state index contributed by atoms with van der Waals surface area (Å²) in [6.07, 6.45) is 1.73. The maximum atomic E-state index is 10.0. The Hall–Kier alpha value is -0.0900. The van der Waals surface area contributed by atoms with Crippen LogP contribution in [0, 0.1) is 5.92 Å². The molecule has 0 radical (unpaired) electrons. The summed E-state index contributed by atoms with van der Waals surface area (Å²) in [6.45, 7) is 0. The smallest absolute Gasteiger partial charge is 0.115 e. The first kappa shape index (κ1) is 10.4. The minimum absolute atomic E-state index is 0.0651. The molecule has 0 aromatic carbocycles. The first-order chi connectivity index (χ1) is 6.72. The van der Waals surface area contributed by atoms with Crippen LogP contribution in [0.5, 0.6) is 0 Å². The Morgan fingerprint density at radius 1 is 1.57 bits per heavy atom. The van der Waals surface area contributed by atoms with Crippen molar-refractivity contribution in [2.75, 3.05) is 7.11 Å². The molecule has 78 valence electrons. The molecule has 2 atom stereocenters. The lowest BCUT2D eigenvalue weighted by Crippen LogP contribution is -2.22. The molecule has 0 saturated heterocycles. The van der Waals surface area contributed by atoms with Crippen LogP contribution < -0.4 is 0 Å². The third-order valence-corrected chi connectivity index (χ3v) is 3.86. The molecule has 2 unspecified atom stereocenters. The summed E-state index contributed by atoms with van der Waals surface area (Å²) in [7, 11) is 1.65. The predicted molar refractivity (Wildman–Crippen MR) is 57.8 cm³/mol. The zero-order chi connectivity index (χ0) is 10.1. The normalized spacial score (nSPS) is 20.8. The van der Waals surface area contributed by atoms with Gasteiger partial charge in [-0.1, -0.05) is 11.6 Å². The number of aliphatic hydroxyl groups is 1. The summed E-state index contributed by atoms with van der Waals surface area (Å²) >= 11 is 7.23. The minimum Gasteiger partial charge on any atom is -0.385 e. The quantitative estimate of drug-likeness (QED) is 0.865. The van der Waals surface area contributed by atoms with E-state index in [-0.39, 0.29) is 6.10 Å². The van der Waals surface area contributed by atoms with E-state index in [1.807, 2.05) is 12.1 Å². The molecule has 0 amide bonds. The molecule has 1 aliphatic rings. The summed E-state index contributed by atoms with van der Waals surface area (Å²) < 4.78 is 6.03. The third kappa shape index (κ3) is 2.11. The van der Waals surface area contributed by atoms with Gasteiger partial charge in [-0.15, -0.1) is 11.3 Å². The van der Waals surface area contributed by atoms with Gasteiger partial charge in [0.15, 0.2) is 0 Å². The molecule has 0 spiro atoms. The molecular formula is C10H13ClO2S. The fraction of sp³-hybridized carbons (Fsp3) is 0.600. The second-order valence-electron chi connectivity index (χ2n) is 3.62. The number of thiophene rings is 1. The topological polar surface area (TPSA) is 29.5 Å². The van der Waals surface area contributed by atoms with Crippen molar-refractivity contribution in [3.63, 3.8) is 0 Å². The summed E-state index contributed by atoms with van der Waals surface area (Å²) in [5, 5.41) is 10.0. The van der Waals surface area contributed by atoms with E-state index in [1.165, 1.54) is 11.3 Å². The van der Waals surface area contributed by atoms with Crippen molar-refractivity contribution >= 4 is 22.9 Å². The summed E-state index contributed by atoms with van der Waals surface area (Å²) in [6, 6.07) is 3.68. The number of ether oxygens (including phenoxy) is 1. The molecule has 1 heterocycles. The van der Waals surface area contributed by atoms with Gasteiger partial charge in [0.1, 0.15) is 6.10 Å². The van der Waals surface area contributed by atoms with E-state index in [4.69, 9.17) is 16.3 Å². The van der Waals surface area contributed by atoms with E-state index in [0.29, 0.717) is 10.3 Å². The third-order valence-electron chi connectivity index (χ3n) is 2.56. The predicted octanol–water partition coefficient (Wildman–Crippen LogP) is 2.86. The van der Waals surface area contributed by atoms with Gasteiger partial charge < -0.3 is 9.84 Å². The van der Waals surface area contributed by atoms with E-state index in [2.05, 4.69) is 0 Å². The van der Waals surface area contributed by atoms with Gasteiger partial charge in [-0.2, -0.15) is 0 Å². The monoisotopic (exact) mass is 232 g/mol. The standard InChI is InChI=1S/C10H13ClO2S/c1-13-10(6-2-3-6)9(12)7-4-5-8(11)14-7/h4-6,9-10,12H,2-3H2,1H3. The van der Waals surface area contributed by atoms with Crippen molar-refractivity contribution < 1.29 is 9.84 Å². The van der Waals surface area contributed by atoms with Crippen LogP contribution in [0.3, 0.4) is 0 Å². The zero-order valence-electron chi connectivity index (χ0n) is 7.94. The zero-order valence-corrected chi connectivity index (χ0v) is 9.52. The molecule has 2 nitrogen and oxygen atoms in total. The van der Waals surface area contributed by atoms with Crippen LogP contribution in [0.4, 0.5) is 0 Å². The molecule has 4 heteroatoms. The van der Waals surface area contributed by atoms with Crippen LogP contribution in [0.25, 0.3) is 0 Å². The van der Waals surface area contributed by atoms with E-state index >= 15 is 0 Å². The molecule has 1 fully saturated rings. The molecular weight excluding hydrogens is 220 g/mol. The number of halogens is 1. The highest BCUT2D eigenvalue weighted by Gasteiger charge is 2.37. The Morgan fingerprint density at radius 2 is 2.29 bits per heavy atom. The molecule has 0 bridgehead atoms. The Balaban J connectivity index is 2.08. The highest BCUT2D eigenvalue weighted by molar-refractivity contribution is 7.16. The first-order valence-corrected chi connectivity index (χ1v) is 5.88. The van der Waals surface area contributed by atoms with E-state index < -0.39 is 6.10 Å². The van der Waals surface area contributed by atoms with Crippen LogP contribution in [-0.2, 0) is 4.74 Å². The van der Waals surface area contributed by atoms with Gasteiger partial charge in [0, 0.05) is 12.0 Å². The van der Waals surface area contributed by atoms with Gasteiger partial charge in [-0.05, 0) is 30.9 Å². The summed E-state index contributed by atoms with van der Waals surface area (Å²) in [5.74, 6) is 0.524. The first-order valence-electron chi connectivity index (χ1n) is 4.68. The largest absolute Gasteiger partial charge is 0.385 e. The van der Waals surface area contributed by atoms with Crippen LogP contribution in [-0.4, -0.2) is 18.3 Å². The Kier molecular flexibility index (Phi) is 3.12. The maximum absolute atomic E-state index is 10.0. The molecule has 14 heavy (non-hydrogen) atoms. The highest BCUT2D eigenvalue weighted by atomic mass is 35.5. The van der Waals surface area contributed by atoms with Crippen molar-refractivity contribution in [3.05, 3.63) is 21.3 Å².